The maximum Gasteiger partial charge on any atom is 0.225 e. The van der Waals surface area contributed by atoms with Crippen LogP contribution in [-0.2, 0) is 4.74 Å². The number of hydrogen-bond donors (Lipinski definition) is 0. The third-order valence-corrected chi connectivity index (χ3v) is 4.96. The van der Waals surface area contributed by atoms with Crippen LogP contribution in [0.4, 0.5) is 5.95 Å². The van der Waals surface area contributed by atoms with Crippen molar-refractivity contribution in [2.75, 3.05) is 38.2 Å². The third kappa shape index (κ3) is 4.09. The van der Waals surface area contributed by atoms with E-state index < -0.39 is 0 Å². The molecule has 0 spiro atoms. The zero-order valence-corrected chi connectivity index (χ0v) is 14.0. The Kier molecular flexibility index (Phi) is 5.50. The second kappa shape index (κ2) is 7.57. The van der Waals surface area contributed by atoms with Crippen molar-refractivity contribution in [3.8, 4) is 0 Å². The lowest BCUT2D eigenvalue weighted by Crippen LogP contribution is -2.46. The minimum atomic E-state index is 0.447. The lowest BCUT2D eigenvalue weighted by Gasteiger charge is -2.38. The van der Waals surface area contributed by atoms with Crippen LogP contribution in [0, 0.1) is 0 Å². The van der Waals surface area contributed by atoms with Crippen molar-refractivity contribution in [1.82, 2.24) is 14.9 Å². The number of rotatable bonds is 4. The molecule has 0 radical (unpaired) electrons. The first-order valence-electron chi connectivity index (χ1n) is 8.27. The molecular weight excluding hydrogens is 300 g/mol. The number of likely N-dealkylation sites (tertiary alicyclic amines) is 1. The molecular formula is C16H25ClN4O. The maximum absolute atomic E-state index is 5.85. The van der Waals surface area contributed by atoms with E-state index in [9.17, 15) is 0 Å². The van der Waals surface area contributed by atoms with Gasteiger partial charge in [-0.3, -0.25) is 0 Å². The topological polar surface area (TPSA) is 41.5 Å². The van der Waals surface area contributed by atoms with Crippen LogP contribution in [0.1, 0.15) is 32.1 Å². The molecule has 3 rings (SSSR count). The monoisotopic (exact) mass is 324 g/mol. The fourth-order valence-electron chi connectivity index (χ4n) is 3.38. The molecule has 0 aromatic carbocycles. The molecule has 0 N–H and O–H groups in total. The molecule has 22 heavy (non-hydrogen) atoms. The summed E-state index contributed by atoms with van der Waals surface area (Å²) in [5.74, 6) is 0.762. The number of ether oxygens (including phenoxy) is 1. The average molecular weight is 325 g/mol. The van der Waals surface area contributed by atoms with E-state index in [0.29, 0.717) is 17.2 Å². The van der Waals surface area contributed by atoms with Gasteiger partial charge < -0.3 is 14.5 Å². The van der Waals surface area contributed by atoms with Crippen molar-refractivity contribution < 1.29 is 4.74 Å². The summed E-state index contributed by atoms with van der Waals surface area (Å²) in [5.41, 5.74) is 0. The summed E-state index contributed by atoms with van der Waals surface area (Å²) in [7, 11) is 2.08. The van der Waals surface area contributed by atoms with Crippen LogP contribution in [-0.4, -0.2) is 60.3 Å². The first-order valence-corrected chi connectivity index (χ1v) is 8.64. The first-order chi connectivity index (χ1) is 10.7. The Balaban J connectivity index is 1.47. The van der Waals surface area contributed by atoms with Gasteiger partial charge >= 0.3 is 0 Å². The highest BCUT2D eigenvalue weighted by molar-refractivity contribution is 6.30. The molecule has 1 aromatic heterocycles. The molecule has 3 heterocycles. The van der Waals surface area contributed by atoms with Crippen LogP contribution < -0.4 is 4.90 Å². The summed E-state index contributed by atoms with van der Waals surface area (Å²) in [4.78, 5) is 13.4. The molecule has 2 fully saturated rings. The van der Waals surface area contributed by atoms with Gasteiger partial charge in [0.15, 0.2) is 0 Å². The third-order valence-electron chi connectivity index (χ3n) is 4.76. The van der Waals surface area contributed by atoms with Gasteiger partial charge in [0.1, 0.15) is 0 Å². The lowest BCUT2D eigenvalue weighted by molar-refractivity contribution is -0.00944. The molecule has 0 saturated carbocycles. The minimum Gasteiger partial charge on any atom is -0.377 e. The van der Waals surface area contributed by atoms with Crippen LogP contribution in [0.5, 0.6) is 0 Å². The minimum absolute atomic E-state index is 0.447. The number of nitrogens with zero attached hydrogens (tertiary/aromatic N) is 4. The van der Waals surface area contributed by atoms with E-state index in [2.05, 4.69) is 26.8 Å². The predicted octanol–water partition coefficient (Wildman–Crippen LogP) is 2.60. The van der Waals surface area contributed by atoms with Crippen molar-refractivity contribution in [3.05, 3.63) is 17.4 Å². The van der Waals surface area contributed by atoms with Gasteiger partial charge in [0.05, 0.1) is 23.5 Å². The standard InChI is InChI=1S/C16H25ClN4O/c1-20(16-18-10-13(17)11-19-16)14-5-7-21(8-6-14)12-15-4-2-3-9-22-15/h10-11,14-15H,2-9,12H2,1H3. The average Bonchev–Trinajstić information content (AvgIpc) is 2.57. The van der Waals surface area contributed by atoms with E-state index in [1.807, 2.05) is 0 Å². The van der Waals surface area contributed by atoms with Gasteiger partial charge in [-0.15, -0.1) is 0 Å². The van der Waals surface area contributed by atoms with Gasteiger partial charge in [-0.2, -0.15) is 0 Å². The number of hydrogen-bond acceptors (Lipinski definition) is 5. The summed E-state index contributed by atoms with van der Waals surface area (Å²) in [6.45, 7) is 4.29. The summed E-state index contributed by atoms with van der Waals surface area (Å²) < 4.78 is 5.85. The van der Waals surface area contributed by atoms with Gasteiger partial charge in [0, 0.05) is 39.3 Å². The summed E-state index contributed by atoms with van der Waals surface area (Å²) >= 11 is 5.85. The SMILES string of the molecule is CN(c1ncc(Cl)cn1)C1CCN(CC2CCCCO2)CC1. The molecule has 2 saturated heterocycles. The largest absolute Gasteiger partial charge is 0.377 e. The number of halogens is 1. The summed E-state index contributed by atoms with van der Waals surface area (Å²) in [5, 5.41) is 0.583. The lowest BCUT2D eigenvalue weighted by atomic mass is 10.0. The van der Waals surface area contributed by atoms with Crippen LogP contribution in [0.15, 0.2) is 12.4 Å². The van der Waals surface area contributed by atoms with Gasteiger partial charge in [-0.25, -0.2) is 9.97 Å². The van der Waals surface area contributed by atoms with Crippen molar-refractivity contribution in [1.29, 1.82) is 0 Å². The fraction of sp³-hybridized carbons (Fsp3) is 0.750. The highest BCUT2D eigenvalue weighted by atomic mass is 35.5. The predicted molar refractivity (Wildman–Crippen MR) is 88.5 cm³/mol. The van der Waals surface area contributed by atoms with Crippen LogP contribution >= 0.6 is 11.6 Å². The highest BCUT2D eigenvalue weighted by Gasteiger charge is 2.26. The van der Waals surface area contributed by atoms with Crippen LogP contribution in [0.2, 0.25) is 5.02 Å². The summed E-state index contributed by atoms with van der Waals surface area (Å²) in [6, 6.07) is 0.504. The Morgan fingerprint density at radius 1 is 1.23 bits per heavy atom. The highest BCUT2D eigenvalue weighted by Crippen LogP contribution is 2.21. The Hall–Kier alpha value is -0.910. The Morgan fingerprint density at radius 3 is 2.59 bits per heavy atom. The molecule has 6 heteroatoms. The molecule has 122 valence electrons. The van der Waals surface area contributed by atoms with Crippen molar-refractivity contribution in [2.24, 2.45) is 0 Å². The van der Waals surface area contributed by atoms with Gasteiger partial charge in [-0.05, 0) is 32.1 Å². The second-order valence-corrected chi connectivity index (χ2v) is 6.77. The molecule has 1 unspecified atom stereocenters. The molecule has 2 aliphatic rings. The number of piperidine rings is 1. The Labute approximate surface area is 137 Å². The molecule has 2 aliphatic heterocycles. The molecule has 0 aliphatic carbocycles. The van der Waals surface area contributed by atoms with Gasteiger partial charge in [-0.1, -0.05) is 11.6 Å². The molecule has 0 amide bonds. The molecule has 1 aromatic rings. The van der Waals surface area contributed by atoms with E-state index in [1.54, 1.807) is 12.4 Å². The van der Waals surface area contributed by atoms with E-state index in [-0.39, 0.29) is 0 Å². The van der Waals surface area contributed by atoms with Crippen LogP contribution in [0.3, 0.4) is 0 Å². The van der Waals surface area contributed by atoms with Crippen molar-refractivity contribution in [3.63, 3.8) is 0 Å². The van der Waals surface area contributed by atoms with E-state index >= 15 is 0 Å². The molecule has 0 bridgehead atoms. The first kappa shape index (κ1) is 16.0. The second-order valence-electron chi connectivity index (χ2n) is 6.33. The van der Waals surface area contributed by atoms with E-state index in [1.165, 1.54) is 19.3 Å². The quantitative estimate of drug-likeness (QED) is 0.851. The normalized spacial score (nSPS) is 24.4. The molecule has 5 nitrogen and oxygen atoms in total. The molecule has 1 atom stereocenters. The van der Waals surface area contributed by atoms with Crippen molar-refractivity contribution >= 4 is 17.5 Å². The Bertz CT molecular complexity index is 456. The zero-order valence-electron chi connectivity index (χ0n) is 13.2. The maximum atomic E-state index is 5.85. The smallest absolute Gasteiger partial charge is 0.225 e. The zero-order chi connectivity index (χ0) is 15.4. The van der Waals surface area contributed by atoms with Crippen molar-refractivity contribution in [2.45, 2.75) is 44.2 Å². The fourth-order valence-corrected chi connectivity index (χ4v) is 3.48. The number of aromatic nitrogens is 2. The van der Waals surface area contributed by atoms with Gasteiger partial charge in [0.25, 0.3) is 0 Å². The van der Waals surface area contributed by atoms with E-state index in [0.717, 1.165) is 45.0 Å². The Morgan fingerprint density at radius 2 is 1.95 bits per heavy atom. The number of anilines is 1. The van der Waals surface area contributed by atoms with E-state index in [4.69, 9.17) is 16.3 Å². The van der Waals surface area contributed by atoms with Crippen LogP contribution in [0.25, 0.3) is 0 Å². The summed E-state index contributed by atoms with van der Waals surface area (Å²) in [6.07, 6.45) is 9.83. The van der Waals surface area contributed by atoms with Gasteiger partial charge in [0.2, 0.25) is 5.95 Å².